The van der Waals surface area contributed by atoms with Crippen LogP contribution in [0.4, 0.5) is 19.0 Å². The molecule has 4 aromatic rings. The summed E-state index contributed by atoms with van der Waals surface area (Å²) in [4.78, 5) is 20.3. The molecule has 29 heavy (non-hydrogen) atoms. The first kappa shape index (κ1) is 19.0. The Bertz CT molecular complexity index is 1120. The van der Waals surface area contributed by atoms with E-state index in [4.69, 9.17) is 4.74 Å². The van der Waals surface area contributed by atoms with Crippen molar-refractivity contribution >= 4 is 27.5 Å². The molecule has 0 saturated carbocycles. The van der Waals surface area contributed by atoms with Crippen LogP contribution in [0.1, 0.15) is 11.3 Å². The van der Waals surface area contributed by atoms with Gasteiger partial charge in [0, 0.05) is 12.6 Å². The Hall–Kier alpha value is -3.34. The molecule has 0 amide bonds. The molecule has 0 saturated heterocycles. The fourth-order valence-corrected chi connectivity index (χ4v) is 3.17. The number of nitrogens with zero attached hydrogens (tertiary/aromatic N) is 5. The van der Waals surface area contributed by atoms with E-state index in [9.17, 15) is 13.2 Å². The van der Waals surface area contributed by atoms with E-state index in [0.717, 1.165) is 28.3 Å². The van der Waals surface area contributed by atoms with Gasteiger partial charge in [0.2, 0.25) is 5.88 Å². The molecule has 0 aliphatic heterocycles. The van der Waals surface area contributed by atoms with Crippen molar-refractivity contribution in [3.8, 4) is 11.6 Å². The van der Waals surface area contributed by atoms with Gasteiger partial charge < -0.3 is 10.1 Å². The Morgan fingerprint density at radius 1 is 0.966 bits per heavy atom. The Balaban J connectivity index is 1.35. The zero-order chi connectivity index (χ0) is 20.3. The molecule has 1 aromatic carbocycles. The minimum absolute atomic E-state index is 0.169. The molecule has 4 rings (SSSR count). The summed E-state index contributed by atoms with van der Waals surface area (Å²) >= 11 is 1.45. The van der Waals surface area contributed by atoms with E-state index in [-0.39, 0.29) is 5.88 Å². The summed E-state index contributed by atoms with van der Waals surface area (Å²) in [6.07, 6.45) is -1.52. The summed E-state index contributed by atoms with van der Waals surface area (Å²) in [6.45, 7) is 0.630. The Kier molecular flexibility index (Phi) is 5.21. The molecule has 0 radical (unpaired) electrons. The number of rotatable bonds is 6. The number of anilines is 1. The van der Waals surface area contributed by atoms with Gasteiger partial charge in [-0.3, -0.25) is 0 Å². The second-order valence-corrected chi connectivity index (χ2v) is 6.72. The first-order valence-electron chi connectivity index (χ1n) is 8.43. The summed E-state index contributed by atoms with van der Waals surface area (Å²) in [5.74, 6) is 0.895. The SMILES string of the molecule is FC(F)(F)c1cc(Oc2ccc(CCNc3ncnc4scnc34)cc2)ncn1. The van der Waals surface area contributed by atoms with Crippen LogP contribution in [-0.2, 0) is 12.6 Å². The van der Waals surface area contributed by atoms with Crippen LogP contribution in [-0.4, -0.2) is 31.5 Å². The van der Waals surface area contributed by atoms with Crippen LogP contribution >= 0.6 is 11.3 Å². The van der Waals surface area contributed by atoms with Crippen LogP contribution in [0.5, 0.6) is 11.6 Å². The molecular formula is C18H13F3N6OS. The van der Waals surface area contributed by atoms with E-state index < -0.39 is 11.9 Å². The van der Waals surface area contributed by atoms with Crippen LogP contribution in [0.2, 0.25) is 0 Å². The third-order valence-corrected chi connectivity index (χ3v) is 4.65. The predicted molar refractivity (Wildman–Crippen MR) is 101 cm³/mol. The fourth-order valence-electron chi connectivity index (χ4n) is 2.54. The second-order valence-electron chi connectivity index (χ2n) is 5.89. The van der Waals surface area contributed by atoms with Gasteiger partial charge in [0.25, 0.3) is 0 Å². The zero-order valence-corrected chi connectivity index (χ0v) is 15.5. The lowest BCUT2D eigenvalue weighted by molar-refractivity contribution is -0.141. The molecule has 0 fully saturated rings. The van der Waals surface area contributed by atoms with Gasteiger partial charge >= 0.3 is 6.18 Å². The first-order chi connectivity index (χ1) is 14.0. The lowest BCUT2D eigenvalue weighted by Crippen LogP contribution is -2.08. The minimum Gasteiger partial charge on any atom is -0.439 e. The molecule has 11 heteroatoms. The van der Waals surface area contributed by atoms with Crippen molar-refractivity contribution in [3.05, 3.63) is 59.8 Å². The monoisotopic (exact) mass is 418 g/mol. The fraction of sp³-hybridized carbons (Fsp3) is 0.167. The highest BCUT2D eigenvalue weighted by Crippen LogP contribution is 2.30. The zero-order valence-electron chi connectivity index (χ0n) is 14.7. The maximum absolute atomic E-state index is 12.7. The van der Waals surface area contributed by atoms with E-state index in [0.29, 0.717) is 24.5 Å². The van der Waals surface area contributed by atoms with Crippen molar-refractivity contribution in [1.82, 2.24) is 24.9 Å². The van der Waals surface area contributed by atoms with Crippen LogP contribution in [0, 0.1) is 0 Å². The van der Waals surface area contributed by atoms with Crippen molar-refractivity contribution in [2.45, 2.75) is 12.6 Å². The third-order valence-electron chi connectivity index (χ3n) is 3.92. The normalized spacial score (nSPS) is 11.6. The molecule has 0 bridgehead atoms. The van der Waals surface area contributed by atoms with Gasteiger partial charge in [-0.1, -0.05) is 12.1 Å². The average Bonchev–Trinajstić information content (AvgIpc) is 3.19. The second kappa shape index (κ2) is 7.95. The summed E-state index contributed by atoms with van der Waals surface area (Å²) in [5, 5.41) is 3.24. The van der Waals surface area contributed by atoms with Crippen molar-refractivity contribution in [2.75, 3.05) is 11.9 Å². The van der Waals surface area contributed by atoms with E-state index >= 15 is 0 Å². The number of aromatic nitrogens is 5. The molecule has 3 aromatic heterocycles. The summed E-state index contributed by atoms with van der Waals surface area (Å²) in [6, 6.07) is 7.78. The maximum atomic E-state index is 12.7. The Morgan fingerprint density at radius 2 is 1.76 bits per heavy atom. The van der Waals surface area contributed by atoms with E-state index in [1.165, 1.54) is 17.7 Å². The van der Waals surface area contributed by atoms with Gasteiger partial charge in [-0.05, 0) is 24.1 Å². The molecule has 0 spiro atoms. The number of hydrogen-bond donors (Lipinski definition) is 1. The molecule has 0 unspecified atom stereocenters. The van der Waals surface area contributed by atoms with E-state index in [2.05, 4.69) is 30.2 Å². The number of nitrogens with one attached hydrogen (secondary N) is 1. The summed E-state index contributed by atoms with van der Waals surface area (Å²) < 4.78 is 43.5. The number of fused-ring (bicyclic) bond motifs is 1. The first-order valence-corrected chi connectivity index (χ1v) is 9.31. The van der Waals surface area contributed by atoms with Crippen LogP contribution in [0.3, 0.4) is 0 Å². The molecule has 3 heterocycles. The summed E-state index contributed by atoms with van der Waals surface area (Å²) in [5.41, 5.74) is 2.43. The van der Waals surface area contributed by atoms with Crippen molar-refractivity contribution in [1.29, 1.82) is 0 Å². The van der Waals surface area contributed by atoms with Gasteiger partial charge in [0.1, 0.15) is 28.8 Å². The van der Waals surface area contributed by atoms with Crippen molar-refractivity contribution in [3.63, 3.8) is 0 Å². The number of ether oxygens (including phenoxy) is 1. The summed E-state index contributed by atoms with van der Waals surface area (Å²) in [7, 11) is 0. The average molecular weight is 418 g/mol. The van der Waals surface area contributed by atoms with Crippen LogP contribution < -0.4 is 10.1 Å². The lowest BCUT2D eigenvalue weighted by atomic mass is 10.1. The van der Waals surface area contributed by atoms with Crippen molar-refractivity contribution < 1.29 is 17.9 Å². The molecule has 0 aliphatic rings. The number of benzene rings is 1. The van der Waals surface area contributed by atoms with Crippen LogP contribution in [0.25, 0.3) is 10.3 Å². The highest BCUT2D eigenvalue weighted by Gasteiger charge is 2.33. The Labute approximate surface area is 166 Å². The van der Waals surface area contributed by atoms with Crippen LogP contribution in [0.15, 0.2) is 48.5 Å². The number of halogens is 3. The quantitative estimate of drug-likeness (QED) is 0.498. The number of alkyl halides is 3. The minimum atomic E-state index is -4.55. The lowest BCUT2D eigenvalue weighted by Gasteiger charge is -2.09. The topological polar surface area (TPSA) is 85.7 Å². The smallest absolute Gasteiger partial charge is 0.433 e. The highest BCUT2D eigenvalue weighted by molar-refractivity contribution is 7.16. The molecule has 0 aliphatic carbocycles. The molecule has 0 atom stereocenters. The highest BCUT2D eigenvalue weighted by atomic mass is 32.1. The van der Waals surface area contributed by atoms with Crippen molar-refractivity contribution in [2.24, 2.45) is 0 Å². The number of hydrogen-bond acceptors (Lipinski definition) is 8. The number of thiazole rings is 1. The standard InChI is InChI=1S/C18H13F3N6OS/c19-18(20,21)13-7-14(24-8-23-13)28-12-3-1-11(2-4-12)5-6-22-16-15-17(26-9-25-16)29-10-27-15/h1-4,7-10H,5-6H2,(H,22,25,26). The third kappa shape index (κ3) is 4.57. The maximum Gasteiger partial charge on any atom is 0.433 e. The molecular weight excluding hydrogens is 405 g/mol. The molecule has 148 valence electrons. The predicted octanol–water partition coefficient (Wildman–Crippen LogP) is 4.34. The van der Waals surface area contributed by atoms with E-state index in [1.807, 2.05) is 12.1 Å². The van der Waals surface area contributed by atoms with Gasteiger partial charge in [0.05, 0.1) is 5.51 Å². The largest absolute Gasteiger partial charge is 0.439 e. The Morgan fingerprint density at radius 3 is 2.55 bits per heavy atom. The molecule has 7 nitrogen and oxygen atoms in total. The van der Waals surface area contributed by atoms with Gasteiger partial charge in [0.15, 0.2) is 11.5 Å². The molecule has 1 N–H and O–H groups in total. The van der Waals surface area contributed by atoms with Gasteiger partial charge in [-0.25, -0.2) is 24.9 Å². The van der Waals surface area contributed by atoms with Gasteiger partial charge in [-0.2, -0.15) is 13.2 Å². The van der Waals surface area contributed by atoms with E-state index in [1.54, 1.807) is 17.6 Å². The van der Waals surface area contributed by atoms with Gasteiger partial charge in [-0.15, -0.1) is 11.3 Å².